The van der Waals surface area contributed by atoms with Gasteiger partial charge in [-0.05, 0) is 30.7 Å². The number of hydrazone groups is 1. The first kappa shape index (κ1) is 12.5. The Balaban J connectivity index is 2.43. The summed E-state index contributed by atoms with van der Waals surface area (Å²) in [6.45, 7) is 2.35. The summed E-state index contributed by atoms with van der Waals surface area (Å²) >= 11 is 0. The number of nitrogens with zero attached hydrogens (tertiary/aromatic N) is 1. The highest BCUT2D eigenvalue weighted by atomic mass is 19.4. The van der Waals surface area contributed by atoms with Crippen LogP contribution in [0.15, 0.2) is 34.9 Å². The second-order valence-electron chi connectivity index (χ2n) is 3.94. The van der Waals surface area contributed by atoms with Crippen molar-refractivity contribution >= 4 is 5.71 Å². The van der Waals surface area contributed by atoms with Gasteiger partial charge < -0.3 is 10.5 Å². The van der Waals surface area contributed by atoms with Crippen LogP contribution in [0.5, 0.6) is 5.75 Å². The Kier molecular flexibility index (Phi) is 3.02. The predicted octanol–water partition coefficient (Wildman–Crippen LogP) is 2.66. The number of hydrogen-bond donors (Lipinski definition) is 2. The maximum absolute atomic E-state index is 12.5. The minimum Gasteiger partial charge on any atom is -0.507 e. The van der Waals surface area contributed by atoms with Gasteiger partial charge in [-0.25, -0.2) is 0 Å². The van der Waals surface area contributed by atoms with Crippen LogP contribution in [0.4, 0.5) is 13.2 Å². The van der Waals surface area contributed by atoms with Crippen molar-refractivity contribution in [2.45, 2.75) is 13.1 Å². The van der Waals surface area contributed by atoms with Crippen molar-refractivity contribution in [3.63, 3.8) is 0 Å². The molecule has 0 saturated heterocycles. The van der Waals surface area contributed by atoms with Crippen LogP contribution in [-0.2, 0) is 6.18 Å². The van der Waals surface area contributed by atoms with Crippen LogP contribution in [0.2, 0.25) is 0 Å². The number of allylic oxidation sites excluding steroid dienone is 1. The second kappa shape index (κ2) is 4.36. The molecule has 0 saturated carbocycles. The number of halogens is 3. The maximum Gasteiger partial charge on any atom is 0.416 e. The van der Waals surface area contributed by atoms with E-state index in [1.165, 1.54) is 6.07 Å². The topological polar surface area (TPSA) is 44.6 Å². The molecule has 2 rings (SSSR count). The Morgan fingerprint density at radius 1 is 1.33 bits per heavy atom. The molecule has 0 unspecified atom stereocenters. The third-order valence-electron chi connectivity index (χ3n) is 2.64. The Morgan fingerprint density at radius 2 is 2.06 bits per heavy atom. The Labute approximate surface area is 102 Å². The lowest BCUT2D eigenvalue weighted by molar-refractivity contribution is -0.137. The van der Waals surface area contributed by atoms with E-state index in [0.717, 1.165) is 11.6 Å². The predicted molar refractivity (Wildman–Crippen MR) is 61.4 cm³/mol. The maximum atomic E-state index is 12.5. The minimum absolute atomic E-state index is 0.281. The van der Waals surface area contributed by atoms with Gasteiger partial charge in [0.05, 0.1) is 17.8 Å². The van der Waals surface area contributed by atoms with Crippen molar-refractivity contribution < 1.29 is 18.3 Å². The summed E-state index contributed by atoms with van der Waals surface area (Å²) in [7, 11) is 0. The van der Waals surface area contributed by atoms with Crippen LogP contribution in [0.25, 0.3) is 0 Å². The van der Waals surface area contributed by atoms with Crippen molar-refractivity contribution in [1.29, 1.82) is 0 Å². The van der Waals surface area contributed by atoms with E-state index in [-0.39, 0.29) is 5.56 Å². The summed E-state index contributed by atoms with van der Waals surface area (Å²) < 4.78 is 37.4. The van der Waals surface area contributed by atoms with Crippen LogP contribution >= 0.6 is 0 Å². The van der Waals surface area contributed by atoms with Crippen molar-refractivity contribution in [2.75, 3.05) is 6.54 Å². The fourth-order valence-corrected chi connectivity index (χ4v) is 1.69. The number of benzene rings is 1. The summed E-state index contributed by atoms with van der Waals surface area (Å²) in [5, 5.41) is 13.7. The first-order chi connectivity index (χ1) is 8.39. The zero-order valence-electron chi connectivity index (χ0n) is 9.54. The Bertz CT molecular complexity index is 533. The van der Waals surface area contributed by atoms with Crippen LogP contribution in [-0.4, -0.2) is 17.4 Å². The van der Waals surface area contributed by atoms with Crippen molar-refractivity contribution in [1.82, 2.24) is 5.43 Å². The van der Waals surface area contributed by atoms with E-state index in [4.69, 9.17) is 0 Å². The molecule has 1 aromatic carbocycles. The van der Waals surface area contributed by atoms with Crippen molar-refractivity contribution in [2.24, 2.45) is 5.10 Å². The van der Waals surface area contributed by atoms with E-state index in [1.54, 1.807) is 6.92 Å². The molecule has 1 heterocycles. The minimum atomic E-state index is -4.46. The molecule has 18 heavy (non-hydrogen) atoms. The quantitative estimate of drug-likeness (QED) is 0.811. The number of phenolic OH excluding ortho intramolecular Hbond substituents is 1. The molecule has 0 atom stereocenters. The van der Waals surface area contributed by atoms with E-state index in [1.807, 2.05) is 6.08 Å². The van der Waals surface area contributed by atoms with E-state index in [9.17, 15) is 18.3 Å². The van der Waals surface area contributed by atoms with Crippen LogP contribution in [0.3, 0.4) is 0 Å². The summed E-state index contributed by atoms with van der Waals surface area (Å²) in [4.78, 5) is 0. The molecule has 0 fully saturated rings. The molecule has 1 aliphatic rings. The standard InChI is InChI=1S/C12H11F3N2O/c1-7-4-5-16-17-11(7)9-3-2-8(6-10(9)18)12(13,14)15/h2-4,6,16,18H,5H2,1H3. The molecule has 0 amide bonds. The average Bonchev–Trinajstić information content (AvgIpc) is 2.29. The molecule has 1 aliphatic heterocycles. The van der Waals surface area contributed by atoms with E-state index >= 15 is 0 Å². The molecule has 96 valence electrons. The molecule has 6 heteroatoms. The summed E-state index contributed by atoms with van der Waals surface area (Å²) in [6.07, 6.45) is -2.62. The van der Waals surface area contributed by atoms with Gasteiger partial charge in [-0.1, -0.05) is 6.08 Å². The summed E-state index contributed by atoms with van der Waals surface area (Å²) in [5.74, 6) is -0.431. The lowest BCUT2D eigenvalue weighted by atomic mass is 10.00. The highest BCUT2D eigenvalue weighted by Gasteiger charge is 2.31. The molecular formula is C12H11F3N2O. The SMILES string of the molecule is CC1=CCNN=C1c1ccc(C(F)(F)F)cc1O. The van der Waals surface area contributed by atoms with Gasteiger partial charge in [0.15, 0.2) is 0 Å². The lowest BCUT2D eigenvalue weighted by Crippen LogP contribution is -2.19. The molecule has 0 aromatic heterocycles. The number of phenols is 1. The van der Waals surface area contributed by atoms with Crippen molar-refractivity contribution in [3.8, 4) is 5.75 Å². The number of hydrogen-bond acceptors (Lipinski definition) is 3. The van der Waals surface area contributed by atoms with Gasteiger partial charge in [0.25, 0.3) is 0 Å². The summed E-state index contributed by atoms with van der Waals surface area (Å²) in [5.41, 5.74) is 3.38. The lowest BCUT2D eigenvalue weighted by Gasteiger charge is -2.15. The molecule has 0 bridgehead atoms. The molecule has 0 aliphatic carbocycles. The number of alkyl halides is 3. The average molecular weight is 256 g/mol. The Hall–Kier alpha value is -1.98. The number of aromatic hydroxyl groups is 1. The smallest absolute Gasteiger partial charge is 0.416 e. The number of rotatable bonds is 1. The van der Waals surface area contributed by atoms with Gasteiger partial charge in [0, 0.05) is 5.56 Å². The largest absolute Gasteiger partial charge is 0.507 e. The van der Waals surface area contributed by atoms with Crippen LogP contribution in [0, 0.1) is 0 Å². The second-order valence-corrected chi connectivity index (χ2v) is 3.94. The van der Waals surface area contributed by atoms with Crippen LogP contribution in [0.1, 0.15) is 18.1 Å². The molecule has 0 radical (unpaired) electrons. The van der Waals surface area contributed by atoms with Gasteiger partial charge in [-0.15, -0.1) is 0 Å². The fourth-order valence-electron chi connectivity index (χ4n) is 1.69. The van der Waals surface area contributed by atoms with E-state index < -0.39 is 17.5 Å². The van der Waals surface area contributed by atoms with Gasteiger partial charge >= 0.3 is 6.18 Å². The Morgan fingerprint density at radius 3 is 2.61 bits per heavy atom. The van der Waals surface area contributed by atoms with Crippen molar-refractivity contribution in [3.05, 3.63) is 41.0 Å². The van der Waals surface area contributed by atoms with Gasteiger partial charge in [0.1, 0.15) is 5.75 Å². The third kappa shape index (κ3) is 2.32. The van der Waals surface area contributed by atoms with Crippen LogP contribution < -0.4 is 5.43 Å². The third-order valence-corrected chi connectivity index (χ3v) is 2.64. The zero-order chi connectivity index (χ0) is 13.3. The normalized spacial score (nSPS) is 15.8. The van der Waals surface area contributed by atoms with E-state index in [2.05, 4.69) is 10.5 Å². The zero-order valence-corrected chi connectivity index (χ0v) is 9.54. The molecule has 0 spiro atoms. The first-order valence-electron chi connectivity index (χ1n) is 5.28. The van der Waals surface area contributed by atoms with Gasteiger partial charge in [-0.2, -0.15) is 18.3 Å². The highest BCUT2D eigenvalue weighted by molar-refractivity contribution is 6.14. The fraction of sp³-hybridized carbons (Fsp3) is 0.250. The molecular weight excluding hydrogens is 245 g/mol. The number of nitrogens with one attached hydrogen (secondary N) is 1. The van der Waals surface area contributed by atoms with Gasteiger partial charge in [0.2, 0.25) is 0 Å². The molecule has 2 N–H and O–H groups in total. The molecule has 1 aromatic rings. The van der Waals surface area contributed by atoms with E-state index in [0.29, 0.717) is 18.3 Å². The highest BCUT2D eigenvalue weighted by Crippen LogP contribution is 2.33. The van der Waals surface area contributed by atoms with Gasteiger partial charge in [-0.3, -0.25) is 0 Å². The summed E-state index contributed by atoms with van der Waals surface area (Å²) in [6, 6.07) is 2.86. The monoisotopic (exact) mass is 256 g/mol. The molecule has 3 nitrogen and oxygen atoms in total. The first-order valence-corrected chi connectivity index (χ1v) is 5.28.